The monoisotopic (exact) mass is 678 g/mol. The van der Waals surface area contributed by atoms with Crippen LogP contribution in [0.3, 0.4) is 0 Å². The van der Waals surface area contributed by atoms with Crippen LogP contribution in [0.15, 0.2) is 84.4 Å². The minimum Gasteiger partial charge on any atom is -0.444 e. The minimum absolute atomic E-state index is 0.0526. The number of hydrogen-bond acceptors (Lipinski definition) is 7. The van der Waals surface area contributed by atoms with Crippen molar-refractivity contribution in [3.05, 3.63) is 97.0 Å². The number of alkyl halides is 6. The summed E-state index contributed by atoms with van der Waals surface area (Å²) in [6, 6.07) is 6.68. The maximum absolute atomic E-state index is 14.9. The molecular formula is C34H36F6N4O4. The van der Waals surface area contributed by atoms with Crippen molar-refractivity contribution in [2.24, 2.45) is 0 Å². The first-order valence-corrected chi connectivity index (χ1v) is 14.7. The molecule has 0 saturated carbocycles. The summed E-state index contributed by atoms with van der Waals surface area (Å²) in [6.07, 6.45) is -6.45. The van der Waals surface area contributed by atoms with Gasteiger partial charge in [-0.25, -0.2) is 9.78 Å². The highest BCUT2D eigenvalue weighted by molar-refractivity contribution is 5.90. The Morgan fingerprint density at radius 1 is 1.00 bits per heavy atom. The second kappa shape index (κ2) is 15.0. The lowest BCUT2D eigenvalue weighted by atomic mass is 9.96. The molecule has 1 unspecified atom stereocenters. The van der Waals surface area contributed by atoms with Crippen LogP contribution in [0.25, 0.3) is 22.8 Å². The Labute approximate surface area is 274 Å². The van der Waals surface area contributed by atoms with E-state index < -0.39 is 77.1 Å². The summed E-state index contributed by atoms with van der Waals surface area (Å²) >= 11 is 0. The fraction of sp³-hybridized carbons (Fsp3) is 0.353. The molecule has 1 N–H and O–H groups in total. The van der Waals surface area contributed by atoms with Crippen LogP contribution in [0.5, 0.6) is 0 Å². The molecule has 0 bridgehead atoms. The fourth-order valence-corrected chi connectivity index (χ4v) is 4.53. The van der Waals surface area contributed by atoms with E-state index >= 15 is 0 Å². The molecule has 2 aromatic heterocycles. The third-order valence-electron chi connectivity index (χ3n) is 6.85. The Hall–Kier alpha value is -4.72. The smallest absolute Gasteiger partial charge is 0.426 e. The number of aromatic nitrogens is 3. The van der Waals surface area contributed by atoms with Crippen LogP contribution in [0.1, 0.15) is 57.6 Å². The maximum Gasteiger partial charge on any atom is 0.426 e. The second-order valence-electron chi connectivity index (χ2n) is 11.5. The van der Waals surface area contributed by atoms with Crippen molar-refractivity contribution >= 4 is 11.8 Å². The molecule has 48 heavy (non-hydrogen) atoms. The first kappa shape index (κ1) is 37.7. The van der Waals surface area contributed by atoms with Gasteiger partial charge in [0, 0.05) is 5.56 Å². The van der Waals surface area contributed by atoms with Gasteiger partial charge in [-0.15, -0.1) is 23.4 Å². The summed E-state index contributed by atoms with van der Waals surface area (Å²) in [5.74, 6) is -1.76. The number of carbonyl (C=O) groups is 1. The third kappa shape index (κ3) is 8.79. The van der Waals surface area contributed by atoms with Crippen LogP contribution in [0.4, 0.5) is 36.8 Å². The number of ether oxygens (including phenoxy) is 2. The molecule has 1 amide bonds. The standard InChI is InChI=1S/C34H36F6N4O4/c1-8-12-18-32(34(38,39)40,46-20-21(10-3)11-4)29-44-43-28(47-29)27-25(41-30(45)48-31(5,6)7)19-24(33(35,36)37)26(42-27)23-17-14-13-16-22(23)15-9-2/h8-11,13-14,16-17,19H,1-3,12,15,18,20H2,4-7H3,(H,41,45)/b21-11+. The van der Waals surface area contributed by atoms with Crippen LogP contribution in [0, 0.1) is 0 Å². The first-order chi connectivity index (χ1) is 22.4. The van der Waals surface area contributed by atoms with Gasteiger partial charge in [-0.2, -0.15) is 26.3 Å². The molecule has 0 aliphatic carbocycles. The van der Waals surface area contributed by atoms with Crippen molar-refractivity contribution in [2.75, 3.05) is 11.9 Å². The van der Waals surface area contributed by atoms with Crippen LogP contribution in [-0.2, 0) is 27.7 Å². The average molecular weight is 679 g/mol. The summed E-state index contributed by atoms with van der Waals surface area (Å²) in [5, 5.41) is 9.63. The largest absolute Gasteiger partial charge is 0.444 e. The molecule has 0 aliphatic heterocycles. The van der Waals surface area contributed by atoms with Gasteiger partial charge in [0.15, 0.2) is 5.69 Å². The van der Waals surface area contributed by atoms with Gasteiger partial charge in [0.05, 0.1) is 23.6 Å². The Morgan fingerprint density at radius 3 is 2.25 bits per heavy atom. The van der Waals surface area contributed by atoms with Crippen molar-refractivity contribution < 1.29 is 45.0 Å². The van der Waals surface area contributed by atoms with Crippen LogP contribution >= 0.6 is 0 Å². The Kier molecular flexibility index (Phi) is 11.8. The Morgan fingerprint density at radius 2 is 1.69 bits per heavy atom. The van der Waals surface area contributed by atoms with E-state index in [1.807, 2.05) is 0 Å². The zero-order valence-corrected chi connectivity index (χ0v) is 26.9. The molecule has 1 atom stereocenters. The molecule has 0 fully saturated rings. The van der Waals surface area contributed by atoms with Crippen molar-refractivity contribution in [3.8, 4) is 22.8 Å². The Bertz CT molecular complexity index is 1670. The van der Waals surface area contributed by atoms with Gasteiger partial charge < -0.3 is 13.9 Å². The highest BCUT2D eigenvalue weighted by Crippen LogP contribution is 2.47. The molecule has 14 heteroatoms. The quantitative estimate of drug-likeness (QED) is 0.109. The molecule has 258 valence electrons. The lowest BCUT2D eigenvalue weighted by Crippen LogP contribution is -2.45. The average Bonchev–Trinajstić information content (AvgIpc) is 3.48. The van der Waals surface area contributed by atoms with Gasteiger partial charge in [-0.1, -0.05) is 55.1 Å². The predicted octanol–water partition coefficient (Wildman–Crippen LogP) is 9.77. The SMILES string of the molecule is C=CCCC(OC/C(C=C)=C/C)(c1nnc(-c2nc(-c3ccccc3CC=C)c(C(F)(F)F)cc2NC(=O)OC(C)(C)C)o1)C(F)(F)F. The van der Waals surface area contributed by atoms with E-state index in [2.05, 4.69) is 40.2 Å². The summed E-state index contributed by atoms with van der Waals surface area (Å²) < 4.78 is 105. The van der Waals surface area contributed by atoms with Gasteiger partial charge in [-0.3, -0.25) is 5.32 Å². The molecule has 0 spiro atoms. The number of nitrogens with one attached hydrogen (secondary N) is 1. The van der Waals surface area contributed by atoms with Crippen molar-refractivity contribution in [1.82, 2.24) is 15.2 Å². The van der Waals surface area contributed by atoms with Crippen LogP contribution < -0.4 is 5.32 Å². The van der Waals surface area contributed by atoms with Crippen LogP contribution in [-0.4, -0.2) is 39.7 Å². The highest BCUT2D eigenvalue weighted by Gasteiger charge is 2.61. The van der Waals surface area contributed by atoms with Gasteiger partial charge >= 0.3 is 18.4 Å². The molecular weight excluding hydrogens is 642 g/mol. The number of rotatable bonds is 13. The molecule has 0 saturated heterocycles. The number of benzene rings is 1. The first-order valence-electron chi connectivity index (χ1n) is 14.7. The van der Waals surface area contributed by atoms with E-state index in [4.69, 9.17) is 13.9 Å². The lowest BCUT2D eigenvalue weighted by molar-refractivity contribution is -0.292. The molecule has 2 heterocycles. The summed E-state index contributed by atoms with van der Waals surface area (Å²) in [7, 11) is 0. The van der Waals surface area contributed by atoms with Gasteiger partial charge in [0.2, 0.25) is 5.60 Å². The zero-order chi connectivity index (χ0) is 35.9. The molecule has 1 aromatic carbocycles. The van der Waals surface area contributed by atoms with Crippen molar-refractivity contribution in [3.63, 3.8) is 0 Å². The lowest BCUT2D eigenvalue weighted by Gasteiger charge is -2.32. The molecule has 3 rings (SSSR count). The maximum atomic E-state index is 14.9. The van der Waals surface area contributed by atoms with E-state index in [0.717, 1.165) is 0 Å². The third-order valence-corrected chi connectivity index (χ3v) is 6.85. The molecule has 8 nitrogen and oxygen atoms in total. The molecule has 0 aliphatic rings. The van der Waals surface area contributed by atoms with Gasteiger partial charge in [0.1, 0.15) is 5.60 Å². The number of allylic oxidation sites excluding steroid dienone is 3. The normalized spacial score (nSPS) is 13.8. The highest BCUT2D eigenvalue weighted by atomic mass is 19.4. The number of carbonyl (C=O) groups excluding carboxylic acids is 1. The predicted molar refractivity (Wildman–Crippen MR) is 169 cm³/mol. The number of anilines is 1. The number of halogens is 6. The topological polar surface area (TPSA) is 99.4 Å². The zero-order valence-electron chi connectivity index (χ0n) is 26.9. The number of nitrogens with zero attached hydrogens (tertiary/aromatic N) is 3. The number of hydrogen-bond donors (Lipinski definition) is 1. The molecule has 0 radical (unpaired) electrons. The van der Waals surface area contributed by atoms with E-state index in [-0.39, 0.29) is 18.4 Å². The second-order valence-corrected chi connectivity index (χ2v) is 11.5. The minimum atomic E-state index is -5.11. The van der Waals surface area contributed by atoms with Crippen molar-refractivity contribution in [2.45, 2.75) is 70.5 Å². The molecule has 3 aromatic rings. The summed E-state index contributed by atoms with van der Waals surface area (Å²) in [5.41, 5.74) is -6.42. The van der Waals surface area contributed by atoms with Crippen LogP contribution in [0.2, 0.25) is 0 Å². The number of amides is 1. The van der Waals surface area contributed by atoms with E-state index in [1.165, 1.54) is 57.2 Å². The summed E-state index contributed by atoms with van der Waals surface area (Å²) in [4.78, 5) is 17.0. The van der Waals surface area contributed by atoms with E-state index in [1.54, 1.807) is 19.1 Å². The van der Waals surface area contributed by atoms with E-state index in [0.29, 0.717) is 17.2 Å². The van der Waals surface area contributed by atoms with Crippen molar-refractivity contribution in [1.29, 1.82) is 0 Å². The number of pyridine rings is 1. The van der Waals surface area contributed by atoms with E-state index in [9.17, 15) is 31.1 Å². The van der Waals surface area contributed by atoms with Gasteiger partial charge in [-0.05, 0) is 64.2 Å². The van der Waals surface area contributed by atoms with Gasteiger partial charge in [0.25, 0.3) is 11.8 Å². The summed E-state index contributed by atoms with van der Waals surface area (Å²) in [6.45, 7) is 16.4. The Balaban J connectivity index is 2.37. The fourth-order valence-electron chi connectivity index (χ4n) is 4.53.